The highest BCUT2D eigenvalue weighted by Crippen LogP contribution is 2.34. The highest BCUT2D eigenvalue weighted by Gasteiger charge is 2.44. The first-order valence-electron chi connectivity index (χ1n) is 5.56. The maximum absolute atomic E-state index is 11.8. The Morgan fingerprint density at radius 2 is 2.00 bits per heavy atom. The Morgan fingerprint density at radius 3 is 2.64 bits per heavy atom. The molecule has 2 aliphatic heterocycles. The van der Waals surface area contributed by atoms with Crippen molar-refractivity contribution < 1.29 is 4.79 Å². The second kappa shape index (κ2) is 3.23. The number of carbonyl (C=O) groups excluding carboxylic acids is 1. The SMILES string of the molecule is CC(C)(C)N1C2CCNC(=O)C1CC2. The Kier molecular flexibility index (Phi) is 2.30. The molecule has 0 saturated carbocycles. The van der Waals surface area contributed by atoms with Gasteiger partial charge in [0.2, 0.25) is 5.91 Å². The Morgan fingerprint density at radius 1 is 1.29 bits per heavy atom. The lowest BCUT2D eigenvalue weighted by Crippen LogP contribution is -2.51. The maximum Gasteiger partial charge on any atom is 0.237 e. The molecule has 0 aromatic heterocycles. The first kappa shape index (κ1) is 9.97. The van der Waals surface area contributed by atoms with Crippen molar-refractivity contribution >= 4 is 5.91 Å². The number of nitrogens with one attached hydrogen (secondary N) is 1. The largest absolute Gasteiger partial charge is 0.355 e. The van der Waals surface area contributed by atoms with Crippen LogP contribution in [0.5, 0.6) is 0 Å². The van der Waals surface area contributed by atoms with E-state index in [0.29, 0.717) is 6.04 Å². The van der Waals surface area contributed by atoms with Gasteiger partial charge in [-0.3, -0.25) is 9.69 Å². The molecule has 80 valence electrons. The lowest BCUT2D eigenvalue weighted by Gasteiger charge is -2.39. The van der Waals surface area contributed by atoms with Crippen molar-refractivity contribution in [1.82, 2.24) is 10.2 Å². The molecule has 2 saturated heterocycles. The molecule has 2 bridgehead atoms. The van der Waals surface area contributed by atoms with E-state index in [1.807, 2.05) is 0 Å². The van der Waals surface area contributed by atoms with Gasteiger partial charge in [0, 0.05) is 18.1 Å². The summed E-state index contributed by atoms with van der Waals surface area (Å²) in [5.74, 6) is 0.236. The van der Waals surface area contributed by atoms with Gasteiger partial charge in [0.25, 0.3) is 0 Å². The van der Waals surface area contributed by atoms with Gasteiger partial charge in [-0.15, -0.1) is 0 Å². The molecule has 0 radical (unpaired) electrons. The summed E-state index contributed by atoms with van der Waals surface area (Å²) < 4.78 is 0. The number of hydrogen-bond acceptors (Lipinski definition) is 2. The van der Waals surface area contributed by atoms with E-state index in [9.17, 15) is 4.79 Å². The van der Waals surface area contributed by atoms with Gasteiger partial charge >= 0.3 is 0 Å². The van der Waals surface area contributed by atoms with Crippen molar-refractivity contribution in [3.05, 3.63) is 0 Å². The van der Waals surface area contributed by atoms with Crippen LogP contribution in [0.3, 0.4) is 0 Å². The van der Waals surface area contributed by atoms with E-state index in [1.165, 1.54) is 6.42 Å². The Labute approximate surface area is 85.8 Å². The number of rotatable bonds is 0. The quantitative estimate of drug-likeness (QED) is 0.630. The van der Waals surface area contributed by atoms with Gasteiger partial charge in [-0.1, -0.05) is 0 Å². The molecule has 3 heteroatoms. The molecule has 2 rings (SSSR count). The summed E-state index contributed by atoms with van der Waals surface area (Å²) in [6, 6.07) is 0.737. The lowest BCUT2D eigenvalue weighted by molar-refractivity contribution is -0.126. The van der Waals surface area contributed by atoms with E-state index in [4.69, 9.17) is 0 Å². The minimum absolute atomic E-state index is 0.119. The standard InChI is InChI=1S/C11H20N2O/c1-11(2,3)13-8-4-5-9(13)10(14)12-7-6-8/h8-9H,4-7H2,1-3H3,(H,12,14). The minimum atomic E-state index is 0.119. The molecular formula is C11H20N2O. The fourth-order valence-corrected chi connectivity index (χ4v) is 2.92. The first-order valence-corrected chi connectivity index (χ1v) is 5.56. The normalized spacial score (nSPS) is 34.1. The summed E-state index contributed by atoms with van der Waals surface area (Å²) in [4.78, 5) is 14.2. The highest BCUT2D eigenvalue weighted by atomic mass is 16.2. The second-order valence-electron chi connectivity index (χ2n) is 5.40. The molecule has 14 heavy (non-hydrogen) atoms. The number of fused-ring (bicyclic) bond motifs is 2. The zero-order chi connectivity index (χ0) is 10.3. The maximum atomic E-state index is 11.8. The third-order valence-electron chi connectivity index (χ3n) is 3.36. The molecule has 1 amide bonds. The second-order valence-corrected chi connectivity index (χ2v) is 5.40. The lowest BCUT2D eigenvalue weighted by atomic mass is 10.0. The van der Waals surface area contributed by atoms with E-state index in [1.54, 1.807) is 0 Å². The smallest absolute Gasteiger partial charge is 0.237 e. The van der Waals surface area contributed by atoms with E-state index in [0.717, 1.165) is 19.4 Å². The summed E-state index contributed by atoms with van der Waals surface area (Å²) in [5, 5.41) is 3.00. The van der Waals surface area contributed by atoms with Crippen LogP contribution in [0.4, 0.5) is 0 Å². The summed E-state index contributed by atoms with van der Waals surface area (Å²) in [7, 11) is 0. The fourth-order valence-electron chi connectivity index (χ4n) is 2.92. The predicted octanol–water partition coefficient (Wildman–Crippen LogP) is 1.14. The summed E-state index contributed by atoms with van der Waals surface area (Å²) in [5.41, 5.74) is 0.119. The van der Waals surface area contributed by atoms with Gasteiger partial charge in [0.1, 0.15) is 0 Å². The molecule has 1 N–H and O–H groups in total. The van der Waals surface area contributed by atoms with Gasteiger partial charge < -0.3 is 5.32 Å². The molecule has 2 atom stereocenters. The molecule has 0 aliphatic carbocycles. The molecule has 3 nitrogen and oxygen atoms in total. The molecule has 2 unspecified atom stereocenters. The van der Waals surface area contributed by atoms with Gasteiger partial charge in [0.05, 0.1) is 6.04 Å². The molecular weight excluding hydrogens is 176 g/mol. The van der Waals surface area contributed by atoms with Crippen LogP contribution < -0.4 is 5.32 Å². The van der Waals surface area contributed by atoms with Crippen LogP contribution in [0.15, 0.2) is 0 Å². The van der Waals surface area contributed by atoms with Crippen molar-refractivity contribution in [3.63, 3.8) is 0 Å². The fraction of sp³-hybridized carbons (Fsp3) is 0.909. The molecule has 2 heterocycles. The van der Waals surface area contributed by atoms with Crippen LogP contribution in [0, 0.1) is 0 Å². The number of carbonyl (C=O) groups is 1. The Hall–Kier alpha value is -0.570. The molecule has 0 aromatic carbocycles. The van der Waals surface area contributed by atoms with E-state index in [-0.39, 0.29) is 17.5 Å². The zero-order valence-electron chi connectivity index (χ0n) is 9.34. The number of nitrogens with zero attached hydrogens (tertiary/aromatic N) is 1. The van der Waals surface area contributed by atoms with Crippen molar-refractivity contribution in [2.24, 2.45) is 0 Å². The molecule has 2 aliphatic rings. The van der Waals surface area contributed by atoms with Crippen LogP contribution in [-0.2, 0) is 4.79 Å². The van der Waals surface area contributed by atoms with Gasteiger partial charge in [0.15, 0.2) is 0 Å². The van der Waals surface area contributed by atoms with E-state index < -0.39 is 0 Å². The average molecular weight is 196 g/mol. The minimum Gasteiger partial charge on any atom is -0.355 e. The van der Waals surface area contributed by atoms with Gasteiger partial charge in [-0.2, -0.15) is 0 Å². The first-order chi connectivity index (χ1) is 6.50. The van der Waals surface area contributed by atoms with Gasteiger partial charge in [-0.25, -0.2) is 0 Å². The Balaban J connectivity index is 2.26. The van der Waals surface area contributed by atoms with Crippen molar-refractivity contribution in [1.29, 1.82) is 0 Å². The van der Waals surface area contributed by atoms with Crippen LogP contribution in [0.2, 0.25) is 0 Å². The third-order valence-corrected chi connectivity index (χ3v) is 3.36. The summed E-state index contributed by atoms with van der Waals surface area (Å²) in [6.45, 7) is 7.47. The monoisotopic (exact) mass is 196 g/mol. The van der Waals surface area contributed by atoms with Crippen LogP contribution in [0.25, 0.3) is 0 Å². The van der Waals surface area contributed by atoms with Crippen LogP contribution in [-0.4, -0.2) is 35.0 Å². The average Bonchev–Trinajstić information content (AvgIpc) is 2.38. The molecule has 0 spiro atoms. The molecule has 2 fully saturated rings. The van der Waals surface area contributed by atoms with Gasteiger partial charge in [-0.05, 0) is 40.0 Å². The van der Waals surface area contributed by atoms with Crippen molar-refractivity contribution in [2.75, 3.05) is 6.54 Å². The van der Waals surface area contributed by atoms with E-state index >= 15 is 0 Å². The van der Waals surface area contributed by atoms with Crippen LogP contribution in [0.1, 0.15) is 40.0 Å². The van der Waals surface area contributed by atoms with Crippen LogP contribution >= 0.6 is 0 Å². The summed E-state index contributed by atoms with van der Waals surface area (Å²) >= 11 is 0. The Bertz CT molecular complexity index is 244. The summed E-state index contributed by atoms with van der Waals surface area (Å²) in [6.07, 6.45) is 3.34. The van der Waals surface area contributed by atoms with Crippen molar-refractivity contribution in [2.45, 2.75) is 57.7 Å². The zero-order valence-corrected chi connectivity index (χ0v) is 9.34. The third kappa shape index (κ3) is 1.54. The number of amides is 1. The predicted molar refractivity (Wildman–Crippen MR) is 56.0 cm³/mol. The van der Waals surface area contributed by atoms with Crippen molar-refractivity contribution in [3.8, 4) is 0 Å². The number of hydrogen-bond donors (Lipinski definition) is 1. The molecule has 0 aromatic rings. The van der Waals surface area contributed by atoms with E-state index in [2.05, 4.69) is 31.0 Å². The highest BCUT2D eigenvalue weighted by molar-refractivity contribution is 5.82. The topological polar surface area (TPSA) is 32.3 Å².